The van der Waals surface area contributed by atoms with Crippen LogP contribution in [0.4, 0.5) is 0 Å². The Morgan fingerprint density at radius 1 is 0.792 bits per heavy atom. The molecule has 0 radical (unpaired) electrons. The van der Waals surface area contributed by atoms with Gasteiger partial charge in [-0.3, -0.25) is 0 Å². The molecule has 2 atom stereocenters. The van der Waals surface area contributed by atoms with Gasteiger partial charge in [-0.1, -0.05) is 0 Å². The first kappa shape index (κ1) is 20.2. The summed E-state index contributed by atoms with van der Waals surface area (Å²) in [6, 6.07) is 17.5. The molecule has 2 aromatic carbocycles. The molecule has 0 amide bonds. The first-order valence-corrected chi connectivity index (χ1v) is 28.3. The Morgan fingerprint density at radius 2 is 1.17 bits per heavy atom. The molecule has 2 unspecified atom stereocenters. The summed E-state index contributed by atoms with van der Waals surface area (Å²) >= 11 is -3.67. The Hall–Kier alpha value is -0.123. The molecule has 0 saturated heterocycles. The molecule has 0 nitrogen and oxygen atoms in total. The summed E-state index contributed by atoms with van der Waals surface area (Å²) in [6.07, 6.45) is 9.27. The molecule has 126 valence electrons. The predicted molar refractivity (Wildman–Crippen MR) is 111 cm³/mol. The van der Waals surface area contributed by atoms with Crippen molar-refractivity contribution in [3.8, 4) is 0 Å². The molecule has 0 aromatic heterocycles. The number of hydrogen-bond acceptors (Lipinski definition) is 0. The molecular weight excluding hydrogens is 541 g/mol. The fourth-order valence-electron chi connectivity index (χ4n) is 4.03. The molecule has 2 aromatic rings. The molecule has 4 rings (SSSR count). The number of allylic oxidation sites excluding steroid dienone is 2. The molecule has 0 heterocycles. The Kier molecular flexibility index (Phi) is 5.79. The van der Waals surface area contributed by atoms with Gasteiger partial charge in [-0.2, -0.15) is 0 Å². The number of rotatable bonds is 2. The van der Waals surface area contributed by atoms with Crippen molar-refractivity contribution in [2.45, 2.75) is 12.0 Å². The van der Waals surface area contributed by atoms with E-state index in [1.165, 1.54) is 22.3 Å². The summed E-state index contributed by atoms with van der Waals surface area (Å²) in [5.74, 6) is 0. The van der Waals surface area contributed by atoms with Crippen molar-refractivity contribution in [2.24, 2.45) is 0 Å². The van der Waals surface area contributed by atoms with Crippen LogP contribution < -0.4 is 0 Å². The summed E-state index contributed by atoms with van der Waals surface area (Å²) < 4.78 is 3.27. The zero-order valence-electron chi connectivity index (χ0n) is 13.5. The third kappa shape index (κ3) is 3.05. The fourth-order valence-corrected chi connectivity index (χ4v) is 26.6. The Morgan fingerprint density at radius 3 is 1.58 bits per heavy atom. The van der Waals surface area contributed by atoms with Crippen molar-refractivity contribution >= 4 is 52.5 Å². The third-order valence-electron chi connectivity index (χ3n) is 5.25. The van der Waals surface area contributed by atoms with Gasteiger partial charge < -0.3 is 0 Å². The van der Waals surface area contributed by atoms with Crippen molar-refractivity contribution in [1.82, 2.24) is 0 Å². The van der Waals surface area contributed by atoms with Gasteiger partial charge in [0, 0.05) is 0 Å². The van der Waals surface area contributed by atoms with E-state index in [4.69, 9.17) is 8.58 Å². The normalized spacial score (nSPS) is 20.8. The SMILES string of the molecule is Cl.Cl.[CH3][Hf](=[SiH2])([Cl])([CH]1C=Cc2ccccc21)[CH]1C=Cc2ccccc21. The van der Waals surface area contributed by atoms with Crippen LogP contribution >= 0.6 is 33.4 Å². The fraction of sp³-hybridized carbons (Fsp3) is 0.158. The Labute approximate surface area is 162 Å². The van der Waals surface area contributed by atoms with Gasteiger partial charge >= 0.3 is 139 Å². The van der Waals surface area contributed by atoms with E-state index in [0.29, 0.717) is 7.35 Å². The molecule has 5 heteroatoms. The summed E-state index contributed by atoms with van der Waals surface area (Å²) in [6.45, 7) is 2.15. The van der Waals surface area contributed by atoms with E-state index >= 15 is 0 Å². The monoisotopic (exact) mass is 562 g/mol. The van der Waals surface area contributed by atoms with Gasteiger partial charge in [0.1, 0.15) is 0 Å². The topological polar surface area (TPSA) is 0 Å². The van der Waals surface area contributed by atoms with Crippen LogP contribution in [0, 0.1) is 0 Å². The second kappa shape index (κ2) is 6.89. The van der Waals surface area contributed by atoms with E-state index < -0.39 is 15.9 Å². The average Bonchev–Trinajstić information content (AvgIpc) is 3.12. The maximum atomic E-state index is 7.59. The molecule has 0 spiro atoms. The van der Waals surface area contributed by atoms with Crippen molar-refractivity contribution in [1.29, 1.82) is 0 Å². The van der Waals surface area contributed by atoms with Crippen LogP contribution in [-0.2, 0) is 15.9 Å². The quantitative estimate of drug-likeness (QED) is 0.406. The number of hydrogen-bond donors (Lipinski definition) is 0. The molecule has 24 heavy (non-hydrogen) atoms. The van der Waals surface area contributed by atoms with Crippen molar-refractivity contribution < 1.29 is 15.9 Å². The Balaban J connectivity index is 0.00000104. The molecule has 0 fully saturated rings. The van der Waals surface area contributed by atoms with Gasteiger partial charge in [-0.25, -0.2) is 0 Å². The van der Waals surface area contributed by atoms with Crippen LogP contribution in [0.15, 0.2) is 60.7 Å². The summed E-state index contributed by atoms with van der Waals surface area (Å²) in [7, 11) is 7.59. The molecule has 0 bridgehead atoms. The summed E-state index contributed by atoms with van der Waals surface area (Å²) in [5.41, 5.74) is 5.56. The van der Waals surface area contributed by atoms with Gasteiger partial charge in [0.2, 0.25) is 0 Å². The molecule has 0 saturated carbocycles. The third-order valence-corrected chi connectivity index (χ3v) is 31.8. The first-order valence-electron chi connectivity index (χ1n) is 7.76. The van der Waals surface area contributed by atoms with Crippen molar-refractivity contribution in [2.75, 3.05) is 0 Å². The van der Waals surface area contributed by atoms with Crippen molar-refractivity contribution in [3.05, 3.63) is 82.9 Å². The number of fused-ring (bicyclic) bond motifs is 2. The number of halogens is 3. The second-order valence-corrected chi connectivity index (χ2v) is 54.0. The molecule has 0 aliphatic heterocycles. The first-order chi connectivity index (χ1) is 10.5. The Bertz CT molecular complexity index is 827. The summed E-state index contributed by atoms with van der Waals surface area (Å²) in [5, 5.41) is 0. The maximum absolute atomic E-state index is 7.59. The van der Waals surface area contributed by atoms with E-state index in [-0.39, 0.29) is 24.8 Å². The van der Waals surface area contributed by atoms with Crippen molar-refractivity contribution in [3.63, 3.8) is 0 Å². The van der Waals surface area contributed by atoms with Gasteiger partial charge in [0.25, 0.3) is 0 Å². The number of benzene rings is 2. The van der Waals surface area contributed by atoms with Gasteiger partial charge in [-0.15, -0.1) is 24.8 Å². The molecule has 0 N–H and O–H groups in total. The second-order valence-electron chi connectivity index (χ2n) is 6.98. The van der Waals surface area contributed by atoms with E-state index in [2.05, 4.69) is 84.5 Å². The van der Waals surface area contributed by atoms with Crippen LogP contribution in [0.1, 0.15) is 29.6 Å². The van der Waals surface area contributed by atoms with Gasteiger partial charge in [0.05, 0.1) is 0 Å². The minimum absolute atomic E-state index is 0. The van der Waals surface area contributed by atoms with E-state index in [1.807, 2.05) is 0 Å². The van der Waals surface area contributed by atoms with E-state index in [0.717, 1.165) is 0 Å². The van der Waals surface area contributed by atoms with Crippen LogP contribution in [-0.4, -0.2) is 6.94 Å². The van der Waals surface area contributed by atoms with E-state index in [9.17, 15) is 0 Å². The van der Waals surface area contributed by atoms with Crippen LogP contribution in [0.3, 0.4) is 0 Å². The minimum atomic E-state index is -3.67. The van der Waals surface area contributed by atoms with E-state index in [1.54, 1.807) is 0 Å². The van der Waals surface area contributed by atoms with Crippen LogP contribution in [0.5, 0.6) is 0 Å². The predicted octanol–water partition coefficient (Wildman–Crippen LogP) is 5.81. The van der Waals surface area contributed by atoms with Crippen LogP contribution in [0.2, 0.25) is 4.68 Å². The zero-order chi connectivity index (χ0) is 15.4. The van der Waals surface area contributed by atoms with Crippen LogP contribution in [0.25, 0.3) is 12.2 Å². The molecule has 2 aliphatic rings. The average molecular weight is 562 g/mol. The zero-order valence-corrected chi connectivity index (χ0v) is 20.9. The molecular formula is C19H21Cl3HfSi. The standard InChI is InChI=1S/2C9H7.CH3.3ClH.Hf.H2Si/c2*1-2-5-9-7-3-6-8(9)4-1;;;;;;/h2*1-7H;1H3;3*1H;;1H2/q;;;;;;+1;/p-1. The molecule has 2 aliphatic carbocycles. The van der Waals surface area contributed by atoms with Gasteiger partial charge in [-0.05, 0) is 0 Å². The van der Waals surface area contributed by atoms with Gasteiger partial charge in [0.15, 0.2) is 0 Å². The summed E-state index contributed by atoms with van der Waals surface area (Å²) in [4.78, 5) is 0.